The lowest BCUT2D eigenvalue weighted by molar-refractivity contribution is 0.422. The second-order valence-corrected chi connectivity index (χ2v) is 10.2. The molecule has 0 saturated carbocycles. The molecule has 8 heteroatoms. The number of nitrogens with two attached hydrogens (primary N) is 1. The van der Waals surface area contributed by atoms with E-state index in [1.807, 2.05) is 12.1 Å². The lowest BCUT2D eigenvalue weighted by Crippen LogP contribution is -2.20. The maximum absolute atomic E-state index is 10.8. The van der Waals surface area contributed by atoms with E-state index in [9.17, 15) is 5.11 Å². The highest BCUT2D eigenvalue weighted by Gasteiger charge is 2.27. The molecule has 0 fully saturated rings. The largest absolute Gasteiger partial charge is 0.507 e. The SMILES string of the molecule is CC(C)(C)c1cc(Sc2nnc(NC(=N)N)s2)cc(C(C)(C)C)c1O. The highest BCUT2D eigenvalue weighted by molar-refractivity contribution is 8.01. The Morgan fingerprint density at radius 3 is 2.08 bits per heavy atom. The summed E-state index contributed by atoms with van der Waals surface area (Å²) in [5.74, 6) is 0.197. The monoisotopic (exact) mass is 379 g/mol. The van der Waals surface area contributed by atoms with Crippen molar-refractivity contribution in [2.75, 3.05) is 5.32 Å². The molecule has 0 atom stereocenters. The topological polar surface area (TPSA) is 108 Å². The molecule has 0 saturated heterocycles. The third-order valence-electron chi connectivity index (χ3n) is 3.55. The van der Waals surface area contributed by atoms with Crippen LogP contribution in [0.2, 0.25) is 0 Å². The van der Waals surface area contributed by atoms with Gasteiger partial charge in [-0.25, -0.2) is 0 Å². The van der Waals surface area contributed by atoms with Crippen molar-refractivity contribution in [2.24, 2.45) is 5.73 Å². The maximum atomic E-state index is 10.8. The van der Waals surface area contributed by atoms with E-state index in [1.54, 1.807) is 0 Å². The molecule has 0 aliphatic heterocycles. The van der Waals surface area contributed by atoms with Gasteiger partial charge in [-0.1, -0.05) is 64.6 Å². The summed E-state index contributed by atoms with van der Waals surface area (Å²) < 4.78 is 0.745. The zero-order valence-corrected chi connectivity index (χ0v) is 17.0. The lowest BCUT2D eigenvalue weighted by Gasteiger charge is -2.28. The number of nitrogens with zero attached hydrogens (tertiary/aromatic N) is 2. The Balaban J connectivity index is 2.44. The minimum Gasteiger partial charge on any atom is -0.507 e. The number of hydrogen-bond donors (Lipinski definition) is 4. The van der Waals surface area contributed by atoms with Crippen LogP contribution in [0.15, 0.2) is 21.4 Å². The number of phenols is 1. The molecule has 6 nitrogen and oxygen atoms in total. The summed E-state index contributed by atoms with van der Waals surface area (Å²) in [5.41, 5.74) is 6.78. The number of guanidine groups is 1. The summed E-state index contributed by atoms with van der Waals surface area (Å²) in [6.45, 7) is 12.5. The van der Waals surface area contributed by atoms with Gasteiger partial charge in [-0.15, -0.1) is 10.2 Å². The zero-order chi connectivity index (χ0) is 19.0. The fraction of sp³-hybridized carbons (Fsp3) is 0.471. The summed E-state index contributed by atoms with van der Waals surface area (Å²) in [4.78, 5) is 0.998. The summed E-state index contributed by atoms with van der Waals surface area (Å²) >= 11 is 2.82. The molecule has 5 N–H and O–H groups in total. The maximum Gasteiger partial charge on any atom is 0.213 e. The van der Waals surface area contributed by atoms with Crippen molar-refractivity contribution in [1.29, 1.82) is 5.41 Å². The number of benzene rings is 1. The van der Waals surface area contributed by atoms with Gasteiger partial charge in [0.25, 0.3) is 0 Å². The molecule has 0 spiro atoms. The van der Waals surface area contributed by atoms with Crippen molar-refractivity contribution >= 4 is 34.2 Å². The second kappa shape index (κ2) is 6.84. The summed E-state index contributed by atoms with van der Waals surface area (Å²) in [6.07, 6.45) is 0. The Morgan fingerprint density at radius 2 is 1.64 bits per heavy atom. The van der Waals surface area contributed by atoms with Gasteiger partial charge >= 0.3 is 0 Å². The Hall–Kier alpha value is -1.80. The Labute approximate surface area is 156 Å². The van der Waals surface area contributed by atoms with Crippen LogP contribution in [0.1, 0.15) is 52.7 Å². The molecule has 0 unspecified atom stereocenters. The lowest BCUT2D eigenvalue weighted by atomic mass is 9.79. The predicted octanol–water partition coefficient (Wildman–Crippen LogP) is 4.30. The van der Waals surface area contributed by atoms with Crippen molar-refractivity contribution in [1.82, 2.24) is 10.2 Å². The summed E-state index contributed by atoms with van der Waals surface area (Å²) in [7, 11) is 0. The molecule has 1 aromatic heterocycles. The smallest absolute Gasteiger partial charge is 0.213 e. The first kappa shape index (κ1) is 19.5. The van der Waals surface area contributed by atoms with Gasteiger partial charge in [-0.2, -0.15) is 0 Å². The highest BCUT2D eigenvalue weighted by Crippen LogP contribution is 2.43. The van der Waals surface area contributed by atoms with Crippen molar-refractivity contribution in [3.63, 3.8) is 0 Å². The molecule has 0 aliphatic rings. The summed E-state index contributed by atoms with van der Waals surface area (Å²) in [6, 6.07) is 4.02. The van der Waals surface area contributed by atoms with Crippen molar-refractivity contribution in [3.05, 3.63) is 23.3 Å². The van der Waals surface area contributed by atoms with Crippen LogP contribution in [-0.2, 0) is 10.8 Å². The molecule has 0 aliphatic carbocycles. The molecule has 0 bridgehead atoms. The normalized spacial score (nSPS) is 12.2. The van der Waals surface area contributed by atoms with Gasteiger partial charge in [0.15, 0.2) is 10.3 Å². The predicted molar refractivity (Wildman–Crippen MR) is 105 cm³/mol. The van der Waals surface area contributed by atoms with Gasteiger partial charge in [0.1, 0.15) is 5.75 Å². The van der Waals surface area contributed by atoms with Gasteiger partial charge in [0.2, 0.25) is 5.13 Å². The van der Waals surface area contributed by atoms with Crippen LogP contribution in [0.5, 0.6) is 5.75 Å². The fourth-order valence-electron chi connectivity index (χ4n) is 2.33. The fourth-order valence-corrected chi connectivity index (χ4v) is 4.15. The quantitative estimate of drug-likeness (QED) is 0.468. The van der Waals surface area contributed by atoms with E-state index in [-0.39, 0.29) is 16.8 Å². The van der Waals surface area contributed by atoms with E-state index in [4.69, 9.17) is 11.1 Å². The van der Waals surface area contributed by atoms with Crippen LogP contribution in [0, 0.1) is 5.41 Å². The van der Waals surface area contributed by atoms with E-state index in [0.717, 1.165) is 20.4 Å². The highest BCUT2D eigenvalue weighted by atomic mass is 32.2. The second-order valence-electron chi connectivity index (χ2n) is 7.88. The Bertz CT molecular complexity index is 752. The molecular formula is C17H25N5OS2. The minimum atomic E-state index is -0.177. The first-order valence-electron chi connectivity index (χ1n) is 7.88. The van der Waals surface area contributed by atoms with Gasteiger partial charge in [0, 0.05) is 16.0 Å². The van der Waals surface area contributed by atoms with Crippen LogP contribution in [0.4, 0.5) is 5.13 Å². The van der Waals surface area contributed by atoms with Crippen molar-refractivity contribution in [2.45, 2.75) is 61.6 Å². The molecule has 0 radical (unpaired) electrons. The van der Waals surface area contributed by atoms with Gasteiger partial charge in [-0.05, 0) is 23.0 Å². The molecule has 1 heterocycles. The van der Waals surface area contributed by atoms with Crippen LogP contribution in [-0.4, -0.2) is 21.3 Å². The number of aromatic hydroxyl groups is 1. The molecule has 136 valence electrons. The summed E-state index contributed by atoms with van der Waals surface area (Å²) in [5, 5.41) is 29.3. The number of hydrogen-bond acceptors (Lipinski definition) is 6. The standard InChI is InChI=1S/C17H25N5OS2/c1-16(2,3)10-7-9(8-11(12(10)23)17(4,5)6)24-15-22-21-14(25-15)20-13(18)19/h7-8,23H,1-6H3,(H4,18,19,20,21). The van der Waals surface area contributed by atoms with Crippen LogP contribution >= 0.6 is 23.1 Å². The third kappa shape index (κ3) is 4.85. The van der Waals surface area contributed by atoms with E-state index in [0.29, 0.717) is 10.9 Å². The Morgan fingerprint density at radius 1 is 1.12 bits per heavy atom. The van der Waals surface area contributed by atoms with Gasteiger partial charge in [0.05, 0.1) is 0 Å². The minimum absolute atomic E-state index is 0.164. The van der Waals surface area contributed by atoms with Crippen LogP contribution in [0.25, 0.3) is 0 Å². The van der Waals surface area contributed by atoms with Gasteiger partial charge < -0.3 is 16.2 Å². The first-order chi connectivity index (χ1) is 11.4. The Kier molecular flexibility index (Phi) is 5.34. The van der Waals surface area contributed by atoms with E-state index >= 15 is 0 Å². The number of aromatic nitrogens is 2. The number of anilines is 1. The average molecular weight is 380 g/mol. The number of phenolic OH excluding ortho intramolecular Hbond substituents is 1. The van der Waals surface area contributed by atoms with Crippen molar-refractivity contribution in [3.8, 4) is 5.75 Å². The van der Waals surface area contributed by atoms with Crippen LogP contribution in [0.3, 0.4) is 0 Å². The molecular weight excluding hydrogens is 354 g/mol. The first-order valence-corrected chi connectivity index (χ1v) is 9.51. The zero-order valence-electron chi connectivity index (χ0n) is 15.4. The number of nitrogens with one attached hydrogen (secondary N) is 2. The van der Waals surface area contributed by atoms with E-state index < -0.39 is 0 Å². The average Bonchev–Trinajstić information content (AvgIpc) is 2.84. The molecule has 1 aromatic carbocycles. The van der Waals surface area contributed by atoms with Crippen molar-refractivity contribution < 1.29 is 5.11 Å². The molecule has 2 aromatic rings. The third-order valence-corrected chi connectivity index (χ3v) is 5.41. The molecule has 0 amide bonds. The molecule has 25 heavy (non-hydrogen) atoms. The van der Waals surface area contributed by atoms with E-state index in [1.165, 1.54) is 23.1 Å². The molecule has 2 rings (SSSR count). The van der Waals surface area contributed by atoms with E-state index in [2.05, 4.69) is 57.1 Å². The van der Waals surface area contributed by atoms with Gasteiger partial charge in [-0.3, -0.25) is 5.41 Å². The van der Waals surface area contributed by atoms with Crippen LogP contribution < -0.4 is 11.1 Å². The number of rotatable bonds is 3.